The van der Waals surface area contributed by atoms with Crippen molar-refractivity contribution in [1.29, 1.82) is 0 Å². The molecule has 5 heteroatoms. The van der Waals surface area contributed by atoms with Gasteiger partial charge in [0.1, 0.15) is 11.3 Å². The fourth-order valence-electron chi connectivity index (χ4n) is 2.66. The van der Waals surface area contributed by atoms with Crippen LogP contribution in [0.2, 0.25) is 0 Å². The Morgan fingerprint density at radius 1 is 1.00 bits per heavy atom. The van der Waals surface area contributed by atoms with Gasteiger partial charge >= 0.3 is 11.9 Å². The second-order valence-corrected chi connectivity index (χ2v) is 6.33. The van der Waals surface area contributed by atoms with Gasteiger partial charge in [0, 0.05) is 0 Å². The third kappa shape index (κ3) is 5.71. The molecule has 0 aliphatic heterocycles. The van der Waals surface area contributed by atoms with Crippen LogP contribution in [0.15, 0.2) is 47.1 Å². The SMILES string of the molecule is COc1cc(C)c(/C=C/C(C)=C/C=C/C(C)=C(C(=O)O)C(=O)O)c(C)c1C. The van der Waals surface area contributed by atoms with Gasteiger partial charge in [-0.2, -0.15) is 0 Å². The molecule has 0 radical (unpaired) electrons. The van der Waals surface area contributed by atoms with Crippen LogP contribution in [0.3, 0.4) is 0 Å². The monoisotopic (exact) mass is 370 g/mol. The van der Waals surface area contributed by atoms with Gasteiger partial charge in [0.15, 0.2) is 0 Å². The lowest BCUT2D eigenvalue weighted by molar-refractivity contribution is -0.140. The highest BCUT2D eigenvalue weighted by atomic mass is 16.5. The molecule has 27 heavy (non-hydrogen) atoms. The van der Waals surface area contributed by atoms with E-state index in [1.54, 1.807) is 19.3 Å². The van der Waals surface area contributed by atoms with Crippen molar-refractivity contribution in [2.45, 2.75) is 34.6 Å². The molecule has 1 aromatic carbocycles. The fourth-order valence-corrected chi connectivity index (χ4v) is 2.66. The summed E-state index contributed by atoms with van der Waals surface area (Å²) in [6.45, 7) is 9.47. The number of hydrogen-bond donors (Lipinski definition) is 2. The number of aryl methyl sites for hydroxylation is 1. The van der Waals surface area contributed by atoms with Crippen LogP contribution >= 0.6 is 0 Å². The van der Waals surface area contributed by atoms with E-state index in [9.17, 15) is 9.59 Å². The first kappa shape index (κ1) is 22.0. The third-order valence-electron chi connectivity index (χ3n) is 4.37. The average molecular weight is 370 g/mol. The Labute approximate surface area is 160 Å². The summed E-state index contributed by atoms with van der Waals surface area (Å²) in [5.74, 6) is -2.04. The molecular weight excluding hydrogens is 344 g/mol. The van der Waals surface area contributed by atoms with Crippen LogP contribution in [0.25, 0.3) is 6.08 Å². The third-order valence-corrected chi connectivity index (χ3v) is 4.37. The van der Waals surface area contributed by atoms with E-state index >= 15 is 0 Å². The Hall–Kier alpha value is -3.08. The highest BCUT2D eigenvalue weighted by Crippen LogP contribution is 2.28. The van der Waals surface area contributed by atoms with E-state index < -0.39 is 17.5 Å². The van der Waals surface area contributed by atoms with Crippen molar-refractivity contribution >= 4 is 18.0 Å². The van der Waals surface area contributed by atoms with E-state index in [2.05, 4.69) is 6.92 Å². The van der Waals surface area contributed by atoms with Crippen LogP contribution in [0, 0.1) is 20.8 Å². The summed E-state index contributed by atoms with van der Waals surface area (Å²) in [6.07, 6.45) is 8.89. The van der Waals surface area contributed by atoms with Crippen molar-refractivity contribution in [1.82, 2.24) is 0 Å². The molecule has 0 aliphatic rings. The number of allylic oxidation sites excluding steroid dienone is 6. The summed E-state index contributed by atoms with van der Waals surface area (Å²) < 4.78 is 5.38. The largest absolute Gasteiger partial charge is 0.496 e. The molecule has 0 saturated carbocycles. The van der Waals surface area contributed by atoms with Crippen LogP contribution in [0.4, 0.5) is 0 Å². The Balaban J connectivity index is 3.08. The molecule has 0 aliphatic carbocycles. The van der Waals surface area contributed by atoms with Gasteiger partial charge in [-0.1, -0.05) is 36.0 Å². The van der Waals surface area contributed by atoms with Crippen molar-refractivity contribution in [3.63, 3.8) is 0 Å². The van der Waals surface area contributed by atoms with Crippen molar-refractivity contribution < 1.29 is 24.5 Å². The Morgan fingerprint density at radius 3 is 2.11 bits per heavy atom. The molecule has 1 rings (SSSR count). The first-order valence-corrected chi connectivity index (χ1v) is 8.45. The second-order valence-electron chi connectivity index (χ2n) is 6.33. The molecule has 5 nitrogen and oxygen atoms in total. The number of carbonyl (C=O) groups is 2. The molecule has 0 aromatic heterocycles. The average Bonchev–Trinajstić information content (AvgIpc) is 2.57. The van der Waals surface area contributed by atoms with Gasteiger partial charge in [-0.15, -0.1) is 0 Å². The topological polar surface area (TPSA) is 83.8 Å². The lowest BCUT2D eigenvalue weighted by Crippen LogP contribution is -2.12. The van der Waals surface area contributed by atoms with E-state index in [1.807, 2.05) is 39.0 Å². The zero-order valence-corrected chi connectivity index (χ0v) is 16.6. The van der Waals surface area contributed by atoms with Gasteiger partial charge < -0.3 is 14.9 Å². The molecule has 1 aromatic rings. The molecular formula is C22H26O5. The first-order valence-electron chi connectivity index (χ1n) is 8.45. The molecule has 0 bridgehead atoms. The summed E-state index contributed by atoms with van der Waals surface area (Å²) in [5.41, 5.74) is 4.98. The van der Waals surface area contributed by atoms with Crippen molar-refractivity contribution in [3.8, 4) is 5.75 Å². The summed E-state index contributed by atoms with van der Waals surface area (Å²) in [4.78, 5) is 21.9. The minimum Gasteiger partial charge on any atom is -0.496 e. The fraction of sp³-hybridized carbons (Fsp3) is 0.273. The Bertz CT molecular complexity index is 851. The number of aliphatic carboxylic acids is 2. The van der Waals surface area contributed by atoms with Crippen LogP contribution in [0.1, 0.15) is 36.1 Å². The number of methoxy groups -OCH3 is 1. The van der Waals surface area contributed by atoms with E-state index in [-0.39, 0.29) is 5.57 Å². The van der Waals surface area contributed by atoms with Crippen molar-refractivity contribution in [2.24, 2.45) is 0 Å². The van der Waals surface area contributed by atoms with Gasteiger partial charge in [0.05, 0.1) is 7.11 Å². The number of hydrogen-bond acceptors (Lipinski definition) is 3. The summed E-state index contributed by atoms with van der Waals surface area (Å²) in [5, 5.41) is 17.9. The van der Waals surface area contributed by atoms with Gasteiger partial charge in [-0.25, -0.2) is 9.59 Å². The molecule has 144 valence electrons. The summed E-state index contributed by atoms with van der Waals surface area (Å²) >= 11 is 0. The minimum atomic E-state index is -1.45. The molecule has 0 atom stereocenters. The van der Waals surface area contributed by atoms with Gasteiger partial charge in [-0.05, 0) is 68.5 Å². The second kappa shape index (κ2) is 9.57. The van der Waals surface area contributed by atoms with Gasteiger partial charge in [0.2, 0.25) is 0 Å². The molecule has 0 unspecified atom stereocenters. The number of ether oxygens (including phenoxy) is 1. The normalized spacial score (nSPS) is 11.9. The molecule has 0 fully saturated rings. The van der Waals surface area contributed by atoms with Crippen LogP contribution in [0.5, 0.6) is 5.75 Å². The van der Waals surface area contributed by atoms with Gasteiger partial charge in [0.25, 0.3) is 0 Å². The first-order chi connectivity index (χ1) is 12.6. The van der Waals surface area contributed by atoms with Crippen LogP contribution in [-0.2, 0) is 9.59 Å². The zero-order chi connectivity index (χ0) is 20.7. The van der Waals surface area contributed by atoms with Crippen LogP contribution in [-0.4, -0.2) is 29.3 Å². The standard InChI is InChI=1S/C22H26O5/c1-13(8-7-9-14(2)20(21(23)24)22(25)26)10-11-18-15(3)12-19(27-6)17(5)16(18)4/h7-12H,1-6H3,(H,23,24)(H,25,26)/b9-7+,11-10+,13-8+. The number of carboxylic acid groups (broad SMARTS) is 2. The molecule has 0 amide bonds. The van der Waals surface area contributed by atoms with Crippen LogP contribution < -0.4 is 4.74 Å². The zero-order valence-electron chi connectivity index (χ0n) is 16.6. The highest BCUT2D eigenvalue weighted by Gasteiger charge is 2.17. The number of rotatable bonds is 7. The Kier molecular flexibility index (Phi) is 7.79. The number of carboxylic acids is 2. The maximum Gasteiger partial charge on any atom is 0.343 e. The van der Waals surface area contributed by atoms with Gasteiger partial charge in [-0.3, -0.25) is 0 Å². The maximum absolute atomic E-state index is 11.0. The van der Waals surface area contributed by atoms with E-state index in [1.165, 1.54) is 13.0 Å². The predicted octanol–water partition coefficient (Wildman–Crippen LogP) is 4.62. The summed E-state index contributed by atoms with van der Waals surface area (Å²) in [6, 6.07) is 2.01. The maximum atomic E-state index is 11.0. The van der Waals surface area contributed by atoms with Crippen molar-refractivity contribution in [2.75, 3.05) is 7.11 Å². The smallest absolute Gasteiger partial charge is 0.343 e. The lowest BCUT2D eigenvalue weighted by atomic mass is 9.96. The Morgan fingerprint density at radius 2 is 1.59 bits per heavy atom. The molecule has 2 N–H and O–H groups in total. The molecule has 0 spiro atoms. The highest BCUT2D eigenvalue weighted by molar-refractivity contribution is 6.13. The lowest BCUT2D eigenvalue weighted by Gasteiger charge is -2.13. The quantitative estimate of drug-likeness (QED) is 0.317. The minimum absolute atomic E-state index is 0.181. The van der Waals surface area contributed by atoms with E-state index in [0.29, 0.717) is 0 Å². The summed E-state index contributed by atoms with van der Waals surface area (Å²) in [7, 11) is 1.66. The molecule has 0 saturated heterocycles. The number of benzene rings is 1. The molecule has 0 heterocycles. The van der Waals surface area contributed by atoms with E-state index in [4.69, 9.17) is 14.9 Å². The predicted molar refractivity (Wildman–Crippen MR) is 107 cm³/mol. The van der Waals surface area contributed by atoms with Crippen molar-refractivity contribution in [3.05, 3.63) is 69.3 Å². The van der Waals surface area contributed by atoms with E-state index in [0.717, 1.165) is 33.6 Å².